The number of thioether (sulfide) groups is 1. The van der Waals surface area contributed by atoms with E-state index in [0.717, 1.165) is 11.8 Å². The van der Waals surface area contributed by atoms with Crippen molar-refractivity contribution < 1.29 is 9.18 Å². The van der Waals surface area contributed by atoms with Crippen LogP contribution in [-0.2, 0) is 4.79 Å². The Bertz CT molecular complexity index is 1060. The van der Waals surface area contributed by atoms with Gasteiger partial charge in [0.05, 0.1) is 11.4 Å². The molecule has 0 spiro atoms. The Balaban J connectivity index is 1.73. The Morgan fingerprint density at radius 3 is 2.85 bits per heavy atom. The summed E-state index contributed by atoms with van der Waals surface area (Å²) in [6.07, 6.45) is 2.90. The number of nitrogens with one attached hydrogen (secondary N) is 1. The normalized spacial score (nSPS) is 10.6. The van der Waals surface area contributed by atoms with Gasteiger partial charge in [-0.15, -0.1) is 0 Å². The first-order valence-corrected chi connectivity index (χ1v) is 9.33. The molecular weight excluding hydrogens is 389 g/mol. The van der Waals surface area contributed by atoms with Gasteiger partial charge in [-0.2, -0.15) is 0 Å². The lowest BCUT2D eigenvalue weighted by molar-refractivity contribution is -0.113. The van der Waals surface area contributed by atoms with Crippen molar-refractivity contribution >= 4 is 35.0 Å². The first-order valence-electron chi connectivity index (χ1n) is 7.96. The van der Waals surface area contributed by atoms with Crippen LogP contribution in [-0.4, -0.2) is 21.2 Å². The first kappa shape index (κ1) is 19.1. The highest BCUT2D eigenvalue weighted by atomic mass is 35.5. The zero-order valence-electron chi connectivity index (χ0n) is 14.3. The fourth-order valence-corrected chi connectivity index (χ4v) is 3.21. The first-order chi connectivity index (χ1) is 12.9. The third kappa shape index (κ3) is 4.75. The van der Waals surface area contributed by atoms with Crippen molar-refractivity contribution in [3.8, 4) is 5.69 Å². The predicted octanol–water partition coefficient (Wildman–Crippen LogP) is 4.06. The second kappa shape index (κ2) is 8.37. The molecule has 138 valence electrons. The lowest BCUT2D eigenvalue weighted by Crippen LogP contribution is -2.22. The second-order valence-corrected chi connectivity index (χ2v) is 7.09. The summed E-state index contributed by atoms with van der Waals surface area (Å²) in [6, 6.07) is 11.3. The molecule has 5 nitrogen and oxygen atoms in total. The molecule has 1 amide bonds. The quantitative estimate of drug-likeness (QED) is 0.652. The minimum absolute atomic E-state index is 0.00102. The summed E-state index contributed by atoms with van der Waals surface area (Å²) in [5, 5.41) is 3.37. The molecule has 0 radical (unpaired) electrons. The molecule has 1 aromatic heterocycles. The van der Waals surface area contributed by atoms with Gasteiger partial charge >= 0.3 is 0 Å². The zero-order valence-corrected chi connectivity index (χ0v) is 15.9. The lowest BCUT2D eigenvalue weighted by Gasteiger charge is -2.09. The van der Waals surface area contributed by atoms with E-state index in [-0.39, 0.29) is 16.7 Å². The van der Waals surface area contributed by atoms with Crippen LogP contribution >= 0.6 is 23.4 Å². The maximum atomic E-state index is 13.8. The molecule has 0 atom stereocenters. The molecule has 0 aliphatic rings. The number of halogens is 2. The largest absolute Gasteiger partial charge is 0.325 e. The Hall–Kier alpha value is -2.64. The van der Waals surface area contributed by atoms with Gasteiger partial charge in [0.15, 0.2) is 5.03 Å². The number of hydrogen-bond acceptors (Lipinski definition) is 4. The number of hydrogen-bond donors (Lipinski definition) is 1. The Morgan fingerprint density at radius 2 is 2.11 bits per heavy atom. The molecule has 1 heterocycles. The minimum atomic E-state index is -0.415. The van der Waals surface area contributed by atoms with Gasteiger partial charge < -0.3 is 5.32 Å². The van der Waals surface area contributed by atoms with Crippen molar-refractivity contribution in [3.05, 3.63) is 81.6 Å². The highest BCUT2D eigenvalue weighted by Crippen LogP contribution is 2.17. The predicted molar refractivity (Wildman–Crippen MR) is 105 cm³/mol. The van der Waals surface area contributed by atoms with Crippen LogP contribution in [0, 0.1) is 12.7 Å². The molecule has 3 rings (SSSR count). The molecule has 8 heteroatoms. The fourth-order valence-electron chi connectivity index (χ4n) is 2.32. The van der Waals surface area contributed by atoms with Crippen LogP contribution in [0.2, 0.25) is 5.02 Å². The molecule has 0 saturated carbocycles. The van der Waals surface area contributed by atoms with Crippen LogP contribution in [0.3, 0.4) is 0 Å². The van der Waals surface area contributed by atoms with Gasteiger partial charge in [-0.3, -0.25) is 14.2 Å². The van der Waals surface area contributed by atoms with Gasteiger partial charge in [-0.05, 0) is 42.8 Å². The van der Waals surface area contributed by atoms with Gasteiger partial charge in [-0.1, -0.05) is 35.5 Å². The van der Waals surface area contributed by atoms with Crippen LogP contribution in [0.15, 0.2) is 64.7 Å². The standard InChI is InChI=1S/C19H15ClFN3O2S/c1-12-5-6-15(10-16(12)21)24-8-7-22-18(19(24)26)27-11-17(25)23-14-4-2-3-13(20)9-14/h2-10H,11H2,1H3,(H,23,25). The number of aryl methyl sites for hydroxylation is 1. The van der Waals surface area contributed by atoms with Crippen molar-refractivity contribution in [2.24, 2.45) is 0 Å². The van der Waals surface area contributed by atoms with E-state index in [0.29, 0.717) is 22.0 Å². The van der Waals surface area contributed by atoms with Crippen LogP contribution in [0.5, 0.6) is 0 Å². The third-order valence-corrected chi connectivity index (χ3v) is 4.89. The number of carbonyl (C=O) groups excluding carboxylic acids is 1. The average Bonchev–Trinajstić information content (AvgIpc) is 2.63. The van der Waals surface area contributed by atoms with Gasteiger partial charge in [-0.25, -0.2) is 9.37 Å². The van der Waals surface area contributed by atoms with E-state index in [1.54, 1.807) is 43.3 Å². The molecule has 0 aliphatic carbocycles. The van der Waals surface area contributed by atoms with Crippen LogP contribution in [0.4, 0.5) is 10.1 Å². The molecule has 27 heavy (non-hydrogen) atoms. The van der Waals surface area contributed by atoms with Crippen molar-refractivity contribution in [2.75, 3.05) is 11.1 Å². The number of nitrogens with zero attached hydrogens (tertiary/aromatic N) is 2. The smallest absolute Gasteiger partial charge is 0.287 e. The summed E-state index contributed by atoms with van der Waals surface area (Å²) < 4.78 is 15.1. The molecule has 0 saturated heterocycles. The highest BCUT2D eigenvalue weighted by Gasteiger charge is 2.11. The minimum Gasteiger partial charge on any atom is -0.325 e. The molecule has 0 aliphatic heterocycles. The number of rotatable bonds is 5. The summed E-state index contributed by atoms with van der Waals surface area (Å²) in [5.41, 5.74) is 1.05. The average molecular weight is 404 g/mol. The van der Waals surface area contributed by atoms with E-state index in [9.17, 15) is 14.0 Å². The van der Waals surface area contributed by atoms with E-state index < -0.39 is 11.4 Å². The van der Waals surface area contributed by atoms with E-state index in [1.165, 1.54) is 23.0 Å². The second-order valence-electron chi connectivity index (χ2n) is 5.69. The van der Waals surface area contributed by atoms with Crippen molar-refractivity contribution in [3.63, 3.8) is 0 Å². The van der Waals surface area contributed by atoms with Gasteiger partial charge in [0.25, 0.3) is 5.56 Å². The third-order valence-electron chi connectivity index (χ3n) is 3.69. The monoisotopic (exact) mass is 403 g/mol. The molecule has 0 fully saturated rings. The molecule has 2 aromatic carbocycles. The summed E-state index contributed by atoms with van der Waals surface area (Å²) in [7, 11) is 0. The highest BCUT2D eigenvalue weighted by molar-refractivity contribution is 7.99. The molecule has 0 unspecified atom stereocenters. The van der Waals surface area contributed by atoms with Crippen LogP contribution in [0.25, 0.3) is 5.69 Å². The van der Waals surface area contributed by atoms with Crippen LogP contribution in [0.1, 0.15) is 5.56 Å². The van der Waals surface area contributed by atoms with Gasteiger partial charge in [0.1, 0.15) is 5.82 Å². The van der Waals surface area contributed by atoms with E-state index in [2.05, 4.69) is 10.3 Å². The number of amides is 1. The van der Waals surface area contributed by atoms with Crippen molar-refractivity contribution in [2.45, 2.75) is 11.9 Å². The van der Waals surface area contributed by atoms with Crippen molar-refractivity contribution in [1.82, 2.24) is 9.55 Å². The van der Waals surface area contributed by atoms with Crippen LogP contribution < -0.4 is 10.9 Å². The number of carbonyl (C=O) groups is 1. The molecule has 1 N–H and O–H groups in total. The van der Waals surface area contributed by atoms with Crippen molar-refractivity contribution in [1.29, 1.82) is 0 Å². The molecule has 3 aromatic rings. The zero-order chi connectivity index (χ0) is 19.4. The molecule has 0 bridgehead atoms. The molecular formula is C19H15ClFN3O2S. The summed E-state index contributed by atoms with van der Waals surface area (Å²) >= 11 is 6.89. The number of benzene rings is 2. The number of aromatic nitrogens is 2. The maximum absolute atomic E-state index is 13.8. The Kier molecular flexibility index (Phi) is 5.93. The maximum Gasteiger partial charge on any atom is 0.287 e. The lowest BCUT2D eigenvalue weighted by atomic mass is 10.2. The Labute approximate surface area is 164 Å². The van der Waals surface area contributed by atoms with E-state index in [4.69, 9.17) is 11.6 Å². The van der Waals surface area contributed by atoms with Gasteiger partial charge in [0, 0.05) is 23.1 Å². The van der Waals surface area contributed by atoms with Gasteiger partial charge in [0.2, 0.25) is 5.91 Å². The Morgan fingerprint density at radius 1 is 1.30 bits per heavy atom. The number of anilines is 1. The summed E-state index contributed by atoms with van der Waals surface area (Å²) in [5.74, 6) is -0.687. The SMILES string of the molecule is Cc1ccc(-n2ccnc(SCC(=O)Nc3cccc(Cl)c3)c2=O)cc1F. The van der Waals surface area contributed by atoms with E-state index >= 15 is 0 Å². The summed E-state index contributed by atoms with van der Waals surface area (Å²) in [4.78, 5) is 28.7. The topological polar surface area (TPSA) is 64.0 Å². The summed E-state index contributed by atoms with van der Waals surface area (Å²) in [6.45, 7) is 1.65. The fraction of sp³-hybridized carbons (Fsp3) is 0.105. The van der Waals surface area contributed by atoms with E-state index in [1.807, 2.05) is 0 Å².